The summed E-state index contributed by atoms with van der Waals surface area (Å²) in [6.07, 6.45) is 6.92. The Morgan fingerprint density at radius 3 is 2.62 bits per heavy atom. The van der Waals surface area contributed by atoms with E-state index in [2.05, 4.69) is 41.8 Å². The van der Waals surface area contributed by atoms with Gasteiger partial charge in [-0.25, -0.2) is 0 Å². The molecule has 114 valence electrons. The van der Waals surface area contributed by atoms with Crippen LogP contribution in [0, 0.1) is 5.92 Å². The topological polar surface area (TPSA) is 41.1 Å². The summed E-state index contributed by atoms with van der Waals surface area (Å²) < 4.78 is 0. The molecule has 0 aromatic heterocycles. The Morgan fingerprint density at radius 2 is 1.90 bits per heavy atom. The molecular formula is C18H26N2O. The molecule has 1 fully saturated rings. The minimum atomic E-state index is -0.0659. The molecule has 21 heavy (non-hydrogen) atoms. The monoisotopic (exact) mass is 286 g/mol. The lowest BCUT2D eigenvalue weighted by molar-refractivity contribution is -0.124. The lowest BCUT2D eigenvalue weighted by Gasteiger charge is -2.31. The van der Waals surface area contributed by atoms with E-state index in [1.54, 1.807) is 0 Å². The van der Waals surface area contributed by atoms with Crippen molar-refractivity contribution in [1.82, 2.24) is 10.6 Å². The highest BCUT2D eigenvalue weighted by molar-refractivity contribution is 5.82. The lowest BCUT2D eigenvalue weighted by atomic mass is 9.84. The third-order valence-corrected chi connectivity index (χ3v) is 5.17. The van der Waals surface area contributed by atoms with Crippen LogP contribution in [0.1, 0.15) is 50.2 Å². The zero-order chi connectivity index (χ0) is 14.7. The van der Waals surface area contributed by atoms with Gasteiger partial charge in [-0.2, -0.15) is 0 Å². The van der Waals surface area contributed by atoms with E-state index in [1.807, 2.05) is 0 Å². The number of nitrogens with one attached hydrogen (secondary N) is 2. The Bertz CT molecular complexity index is 492. The fourth-order valence-electron chi connectivity index (χ4n) is 3.66. The van der Waals surface area contributed by atoms with Crippen LogP contribution < -0.4 is 10.6 Å². The number of carbonyl (C=O) groups excluding carboxylic acids is 1. The van der Waals surface area contributed by atoms with Gasteiger partial charge in [0.05, 0.1) is 6.04 Å². The van der Waals surface area contributed by atoms with Crippen LogP contribution in [0.4, 0.5) is 0 Å². The minimum absolute atomic E-state index is 0.0659. The van der Waals surface area contributed by atoms with Crippen LogP contribution in [-0.2, 0) is 17.8 Å². The zero-order valence-corrected chi connectivity index (χ0v) is 12.9. The summed E-state index contributed by atoms with van der Waals surface area (Å²) in [5.74, 6) is 1.06. The summed E-state index contributed by atoms with van der Waals surface area (Å²) in [4.78, 5) is 12.5. The second kappa shape index (κ2) is 6.61. The molecule has 1 aliphatic heterocycles. The van der Waals surface area contributed by atoms with Crippen LogP contribution >= 0.6 is 0 Å². The molecule has 0 radical (unpaired) electrons. The number of amides is 1. The SMILES string of the molecule is CCC1CCC(NC(=O)[C@H]2Cc3ccccc3CN2)CC1. The molecule has 1 saturated carbocycles. The molecule has 1 heterocycles. The van der Waals surface area contributed by atoms with Gasteiger partial charge in [0.1, 0.15) is 0 Å². The van der Waals surface area contributed by atoms with E-state index in [4.69, 9.17) is 0 Å². The number of benzene rings is 1. The Hall–Kier alpha value is -1.35. The average Bonchev–Trinajstić information content (AvgIpc) is 2.55. The average molecular weight is 286 g/mol. The van der Waals surface area contributed by atoms with E-state index >= 15 is 0 Å². The van der Waals surface area contributed by atoms with Crippen LogP contribution in [-0.4, -0.2) is 18.0 Å². The van der Waals surface area contributed by atoms with Crippen LogP contribution in [0.3, 0.4) is 0 Å². The molecule has 0 spiro atoms. The van der Waals surface area contributed by atoms with Crippen LogP contribution in [0.25, 0.3) is 0 Å². The smallest absolute Gasteiger partial charge is 0.237 e. The maximum atomic E-state index is 12.5. The normalized spacial score (nSPS) is 28.7. The molecule has 3 nitrogen and oxygen atoms in total. The van der Waals surface area contributed by atoms with Gasteiger partial charge in [0, 0.05) is 12.6 Å². The fraction of sp³-hybridized carbons (Fsp3) is 0.611. The maximum Gasteiger partial charge on any atom is 0.237 e. The Balaban J connectivity index is 1.53. The van der Waals surface area contributed by atoms with Crippen molar-refractivity contribution in [2.45, 2.75) is 64.1 Å². The van der Waals surface area contributed by atoms with Gasteiger partial charge in [0.25, 0.3) is 0 Å². The molecule has 3 heteroatoms. The Kier molecular flexibility index (Phi) is 4.59. The molecule has 1 aromatic rings. The van der Waals surface area contributed by atoms with Gasteiger partial charge >= 0.3 is 0 Å². The number of rotatable bonds is 3. The van der Waals surface area contributed by atoms with Crippen molar-refractivity contribution in [1.29, 1.82) is 0 Å². The highest BCUT2D eigenvalue weighted by Crippen LogP contribution is 2.26. The molecule has 1 aromatic carbocycles. The minimum Gasteiger partial charge on any atom is -0.352 e. The summed E-state index contributed by atoms with van der Waals surface area (Å²) >= 11 is 0. The molecule has 0 bridgehead atoms. The molecule has 3 rings (SSSR count). The number of fused-ring (bicyclic) bond motifs is 1. The number of hydrogen-bond donors (Lipinski definition) is 2. The molecule has 1 amide bonds. The molecule has 2 N–H and O–H groups in total. The largest absolute Gasteiger partial charge is 0.352 e. The quantitative estimate of drug-likeness (QED) is 0.897. The third kappa shape index (κ3) is 3.46. The molecule has 1 aliphatic carbocycles. The summed E-state index contributed by atoms with van der Waals surface area (Å²) in [5, 5.41) is 6.64. The van der Waals surface area contributed by atoms with Crippen molar-refractivity contribution < 1.29 is 4.79 Å². The van der Waals surface area contributed by atoms with Gasteiger partial charge in [-0.05, 0) is 49.1 Å². The summed E-state index contributed by atoms with van der Waals surface area (Å²) in [6, 6.07) is 8.73. The first-order valence-corrected chi connectivity index (χ1v) is 8.36. The van der Waals surface area contributed by atoms with Crippen molar-refractivity contribution in [3.8, 4) is 0 Å². The van der Waals surface area contributed by atoms with E-state index in [1.165, 1.54) is 30.4 Å². The summed E-state index contributed by atoms with van der Waals surface area (Å²) in [6.45, 7) is 3.07. The maximum absolute atomic E-state index is 12.5. The highest BCUT2D eigenvalue weighted by atomic mass is 16.2. The van der Waals surface area contributed by atoms with E-state index in [0.717, 1.165) is 31.7 Å². The predicted molar refractivity (Wildman–Crippen MR) is 85.0 cm³/mol. The summed E-state index contributed by atoms with van der Waals surface area (Å²) in [5.41, 5.74) is 2.64. The van der Waals surface area contributed by atoms with E-state index in [0.29, 0.717) is 6.04 Å². The van der Waals surface area contributed by atoms with Crippen molar-refractivity contribution in [3.63, 3.8) is 0 Å². The molecule has 0 saturated heterocycles. The molecular weight excluding hydrogens is 260 g/mol. The third-order valence-electron chi connectivity index (χ3n) is 5.17. The molecule has 0 unspecified atom stereocenters. The zero-order valence-electron chi connectivity index (χ0n) is 12.9. The van der Waals surface area contributed by atoms with E-state index < -0.39 is 0 Å². The second-order valence-corrected chi connectivity index (χ2v) is 6.54. The fourth-order valence-corrected chi connectivity index (χ4v) is 3.66. The van der Waals surface area contributed by atoms with Crippen LogP contribution in [0.5, 0.6) is 0 Å². The van der Waals surface area contributed by atoms with Gasteiger partial charge in [-0.1, -0.05) is 37.6 Å². The van der Waals surface area contributed by atoms with Crippen molar-refractivity contribution in [2.24, 2.45) is 5.92 Å². The standard InChI is InChI=1S/C18H26N2O/c1-2-13-7-9-16(10-8-13)20-18(21)17-11-14-5-3-4-6-15(14)12-19-17/h3-6,13,16-17,19H,2,7-12H2,1H3,(H,20,21)/t13?,16?,17-/m1/s1. The van der Waals surface area contributed by atoms with Crippen LogP contribution in [0.2, 0.25) is 0 Å². The lowest BCUT2D eigenvalue weighted by Crippen LogP contribution is -2.51. The van der Waals surface area contributed by atoms with Crippen molar-refractivity contribution in [3.05, 3.63) is 35.4 Å². The first kappa shape index (κ1) is 14.6. The number of hydrogen-bond acceptors (Lipinski definition) is 2. The van der Waals surface area contributed by atoms with Gasteiger partial charge < -0.3 is 10.6 Å². The van der Waals surface area contributed by atoms with Gasteiger partial charge in [0.15, 0.2) is 0 Å². The van der Waals surface area contributed by atoms with Gasteiger partial charge in [0.2, 0.25) is 5.91 Å². The van der Waals surface area contributed by atoms with Crippen molar-refractivity contribution in [2.75, 3.05) is 0 Å². The molecule has 1 atom stereocenters. The molecule has 2 aliphatic rings. The highest BCUT2D eigenvalue weighted by Gasteiger charge is 2.27. The van der Waals surface area contributed by atoms with E-state index in [9.17, 15) is 4.79 Å². The van der Waals surface area contributed by atoms with Gasteiger partial charge in [-0.3, -0.25) is 4.79 Å². The second-order valence-electron chi connectivity index (χ2n) is 6.54. The van der Waals surface area contributed by atoms with Gasteiger partial charge in [-0.15, -0.1) is 0 Å². The Labute approximate surface area is 127 Å². The van der Waals surface area contributed by atoms with Crippen LogP contribution in [0.15, 0.2) is 24.3 Å². The first-order valence-electron chi connectivity index (χ1n) is 8.36. The predicted octanol–water partition coefficient (Wildman–Crippen LogP) is 2.79. The Morgan fingerprint density at radius 1 is 1.19 bits per heavy atom. The van der Waals surface area contributed by atoms with Crippen molar-refractivity contribution >= 4 is 5.91 Å². The summed E-state index contributed by atoms with van der Waals surface area (Å²) in [7, 11) is 0. The van der Waals surface area contributed by atoms with E-state index in [-0.39, 0.29) is 11.9 Å². The number of carbonyl (C=O) groups is 1. The first-order chi connectivity index (χ1) is 10.3.